The van der Waals surface area contributed by atoms with Gasteiger partial charge in [0.1, 0.15) is 6.61 Å². The van der Waals surface area contributed by atoms with Gasteiger partial charge in [-0.1, -0.05) is 37.3 Å². The summed E-state index contributed by atoms with van der Waals surface area (Å²) in [6.07, 6.45) is 0.772. The quantitative estimate of drug-likeness (QED) is 0.563. The van der Waals surface area contributed by atoms with Crippen LogP contribution in [0.1, 0.15) is 18.9 Å². The van der Waals surface area contributed by atoms with Crippen molar-refractivity contribution in [1.82, 2.24) is 9.96 Å². The molecule has 0 bridgehead atoms. The number of hydrogen-bond donors (Lipinski definition) is 0. The van der Waals surface area contributed by atoms with E-state index in [0.29, 0.717) is 18.7 Å². The highest BCUT2D eigenvalue weighted by Gasteiger charge is 2.29. The Morgan fingerprint density at radius 2 is 1.92 bits per heavy atom. The topological polar surface area (TPSA) is 59.1 Å². The molecule has 0 atom stereocenters. The van der Waals surface area contributed by atoms with Crippen molar-refractivity contribution < 1.29 is 19.2 Å². The highest BCUT2D eigenvalue weighted by atomic mass is 16.7. The van der Waals surface area contributed by atoms with E-state index < -0.39 is 0 Å². The first-order chi connectivity index (χ1) is 11.5. The predicted molar refractivity (Wildman–Crippen MR) is 89.8 cm³/mol. The van der Waals surface area contributed by atoms with E-state index in [2.05, 4.69) is 0 Å². The molecule has 0 N–H and O–H groups in total. The summed E-state index contributed by atoms with van der Waals surface area (Å²) in [5, 5.41) is 1.21. The van der Waals surface area contributed by atoms with Crippen LogP contribution in [-0.2, 0) is 25.8 Å². The summed E-state index contributed by atoms with van der Waals surface area (Å²) in [4.78, 5) is 31.2. The number of hydrogen-bond acceptors (Lipinski definition) is 5. The van der Waals surface area contributed by atoms with Gasteiger partial charge in [0, 0.05) is 25.7 Å². The van der Waals surface area contributed by atoms with Crippen LogP contribution in [0, 0.1) is 0 Å². The van der Waals surface area contributed by atoms with Crippen molar-refractivity contribution in [2.45, 2.75) is 20.0 Å². The van der Waals surface area contributed by atoms with E-state index in [9.17, 15) is 9.59 Å². The lowest BCUT2D eigenvalue weighted by Crippen LogP contribution is -2.32. The van der Waals surface area contributed by atoms with Crippen molar-refractivity contribution in [3.05, 3.63) is 47.0 Å². The standard InChI is InChI=1S/C18H24N2O4/c1-4-15-10-20(11-16(15)18(22)19(2)23-3)12-17(21)24-13-14-8-6-5-7-9-14/h5-9H,4,10-13H2,1-3H3. The van der Waals surface area contributed by atoms with Gasteiger partial charge in [0.05, 0.1) is 13.7 Å². The number of likely N-dealkylation sites (N-methyl/N-ethyl adjacent to an activating group) is 1. The first-order valence-electron chi connectivity index (χ1n) is 8.00. The number of ether oxygens (including phenoxy) is 1. The highest BCUT2D eigenvalue weighted by molar-refractivity contribution is 5.94. The average molecular weight is 332 g/mol. The minimum Gasteiger partial charge on any atom is -0.460 e. The maximum absolute atomic E-state index is 12.3. The van der Waals surface area contributed by atoms with Crippen LogP contribution >= 0.6 is 0 Å². The van der Waals surface area contributed by atoms with Gasteiger partial charge in [-0.15, -0.1) is 0 Å². The third kappa shape index (κ3) is 4.66. The number of carbonyl (C=O) groups excluding carboxylic acids is 2. The van der Waals surface area contributed by atoms with Gasteiger partial charge in [0.2, 0.25) is 0 Å². The van der Waals surface area contributed by atoms with Gasteiger partial charge >= 0.3 is 5.97 Å². The molecule has 0 saturated carbocycles. The summed E-state index contributed by atoms with van der Waals surface area (Å²) in [5.74, 6) is -0.447. The van der Waals surface area contributed by atoms with Crippen LogP contribution in [0.2, 0.25) is 0 Å². The van der Waals surface area contributed by atoms with Crippen molar-refractivity contribution in [1.29, 1.82) is 0 Å². The second-order valence-electron chi connectivity index (χ2n) is 5.71. The summed E-state index contributed by atoms with van der Waals surface area (Å²) in [6.45, 7) is 3.49. The number of nitrogens with zero attached hydrogens (tertiary/aromatic N) is 2. The zero-order chi connectivity index (χ0) is 17.5. The number of amides is 1. The molecule has 1 heterocycles. The van der Waals surface area contributed by atoms with E-state index in [1.54, 1.807) is 7.05 Å². The fourth-order valence-electron chi connectivity index (χ4n) is 2.65. The first kappa shape index (κ1) is 18.2. The second-order valence-corrected chi connectivity index (χ2v) is 5.71. The fourth-order valence-corrected chi connectivity index (χ4v) is 2.65. The molecule has 0 fully saturated rings. The van der Waals surface area contributed by atoms with E-state index in [-0.39, 0.29) is 25.0 Å². The summed E-state index contributed by atoms with van der Waals surface area (Å²) in [7, 11) is 3.04. The lowest BCUT2D eigenvalue weighted by molar-refractivity contribution is -0.164. The molecular formula is C18H24N2O4. The number of hydroxylamine groups is 2. The third-order valence-electron chi connectivity index (χ3n) is 4.06. The molecule has 1 amide bonds. The van der Waals surface area contributed by atoms with E-state index in [4.69, 9.17) is 9.57 Å². The van der Waals surface area contributed by atoms with Gasteiger partial charge < -0.3 is 4.74 Å². The fraction of sp³-hybridized carbons (Fsp3) is 0.444. The monoisotopic (exact) mass is 332 g/mol. The van der Waals surface area contributed by atoms with E-state index >= 15 is 0 Å². The molecule has 130 valence electrons. The van der Waals surface area contributed by atoms with Gasteiger partial charge in [-0.3, -0.25) is 19.3 Å². The Morgan fingerprint density at radius 1 is 1.21 bits per heavy atom. The molecule has 1 aromatic carbocycles. The Bertz CT molecular complexity index is 613. The van der Waals surface area contributed by atoms with Crippen LogP contribution in [-0.4, -0.2) is 55.6 Å². The van der Waals surface area contributed by atoms with Crippen LogP contribution in [0.25, 0.3) is 0 Å². The van der Waals surface area contributed by atoms with Crippen LogP contribution in [0.4, 0.5) is 0 Å². The minimum atomic E-state index is -0.289. The maximum atomic E-state index is 12.3. The molecule has 24 heavy (non-hydrogen) atoms. The first-order valence-corrected chi connectivity index (χ1v) is 8.00. The largest absolute Gasteiger partial charge is 0.460 e. The molecule has 1 aliphatic rings. The van der Waals surface area contributed by atoms with Crippen LogP contribution in [0.5, 0.6) is 0 Å². The molecule has 0 aromatic heterocycles. The zero-order valence-corrected chi connectivity index (χ0v) is 14.4. The Balaban J connectivity index is 1.86. The molecule has 6 heteroatoms. The Morgan fingerprint density at radius 3 is 2.54 bits per heavy atom. The van der Waals surface area contributed by atoms with Gasteiger partial charge in [0.15, 0.2) is 0 Å². The number of esters is 1. The van der Waals surface area contributed by atoms with Gasteiger partial charge in [-0.2, -0.15) is 0 Å². The molecule has 2 rings (SSSR count). The van der Waals surface area contributed by atoms with E-state index in [0.717, 1.165) is 17.6 Å². The number of rotatable bonds is 7. The van der Waals surface area contributed by atoms with Gasteiger partial charge in [0.25, 0.3) is 5.91 Å². The minimum absolute atomic E-state index is 0.158. The lowest BCUT2D eigenvalue weighted by atomic mass is 10.1. The summed E-state index contributed by atoms with van der Waals surface area (Å²) in [6, 6.07) is 9.56. The van der Waals surface area contributed by atoms with Crippen molar-refractivity contribution in [2.75, 3.05) is 33.8 Å². The predicted octanol–water partition coefficient (Wildman–Crippen LogP) is 1.77. The van der Waals surface area contributed by atoms with Crippen molar-refractivity contribution >= 4 is 11.9 Å². The summed E-state index contributed by atoms with van der Waals surface area (Å²) < 4.78 is 5.30. The zero-order valence-electron chi connectivity index (χ0n) is 14.4. The van der Waals surface area contributed by atoms with Crippen molar-refractivity contribution in [3.8, 4) is 0 Å². The van der Waals surface area contributed by atoms with Crippen LogP contribution < -0.4 is 0 Å². The van der Waals surface area contributed by atoms with Gasteiger partial charge in [-0.05, 0) is 17.6 Å². The number of benzene rings is 1. The molecule has 1 aromatic rings. The summed E-state index contributed by atoms with van der Waals surface area (Å²) >= 11 is 0. The van der Waals surface area contributed by atoms with Crippen LogP contribution in [0.3, 0.4) is 0 Å². The molecule has 6 nitrogen and oxygen atoms in total. The van der Waals surface area contributed by atoms with Crippen molar-refractivity contribution in [2.24, 2.45) is 0 Å². The smallest absolute Gasteiger partial charge is 0.320 e. The normalized spacial score (nSPS) is 14.8. The molecule has 0 saturated heterocycles. The molecule has 0 unspecified atom stereocenters. The average Bonchev–Trinajstić information content (AvgIpc) is 3.02. The van der Waals surface area contributed by atoms with E-state index in [1.165, 1.54) is 12.2 Å². The molecular weight excluding hydrogens is 308 g/mol. The van der Waals surface area contributed by atoms with E-state index in [1.807, 2.05) is 42.2 Å². The molecule has 0 aliphatic carbocycles. The molecule has 0 radical (unpaired) electrons. The Hall–Kier alpha value is -2.18. The van der Waals surface area contributed by atoms with Crippen LogP contribution in [0.15, 0.2) is 41.5 Å². The Kier molecular flexibility index (Phi) is 6.52. The highest BCUT2D eigenvalue weighted by Crippen LogP contribution is 2.21. The summed E-state index contributed by atoms with van der Waals surface area (Å²) in [5.41, 5.74) is 2.70. The molecule has 1 aliphatic heterocycles. The third-order valence-corrected chi connectivity index (χ3v) is 4.06. The van der Waals surface area contributed by atoms with Gasteiger partial charge in [-0.25, -0.2) is 5.06 Å². The SMILES string of the molecule is CCC1=C(C(=O)N(C)OC)CN(CC(=O)OCc2ccccc2)C1. The Labute approximate surface area is 142 Å². The lowest BCUT2D eigenvalue weighted by Gasteiger charge is -2.17. The van der Waals surface area contributed by atoms with Crippen molar-refractivity contribution in [3.63, 3.8) is 0 Å². The second kappa shape index (κ2) is 8.61. The number of carbonyl (C=O) groups is 2. The maximum Gasteiger partial charge on any atom is 0.320 e. The molecule has 0 spiro atoms.